The molecule has 0 aliphatic rings. The number of allylic oxidation sites excluding steroid dienone is 12. The smallest absolute Gasteiger partial charge is 0.306 e. The van der Waals surface area contributed by atoms with E-state index in [1.54, 1.807) is 0 Å². The fraction of sp³-hybridized carbons (Fsp3) is 0.737. The molecular formula is C57H98O6. The second-order valence-corrected chi connectivity index (χ2v) is 17.4. The Kier molecular flexibility index (Phi) is 48.9. The number of esters is 3. The van der Waals surface area contributed by atoms with E-state index < -0.39 is 6.10 Å². The summed E-state index contributed by atoms with van der Waals surface area (Å²) in [6, 6.07) is 0. The molecule has 0 bridgehead atoms. The molecule has 0 rings (SSSR count). The first kappa shape index (κ1) is 59.9. The molecule has 0 aromatic rings. The van der Waals surface area contributed by atoms with Crippen LogP contribution in [-0.4, -0.2) is 37.2 Å². The van der Waals surface area contributed by atoms with Gasteiger partial charge in [-0.05, 0) is 96.3 Å². The lowest BCUT2D eigenvalue weighted by atomic mass is 10.1. The van der Waals surface area contributed by atoms with Gasteiger partial charge in [0.15, 0.2) is 6.10 Å². The van der Waals surface area contributed by atoms with Crippen molar-refractivity contribution in [3.05, 3.63) is 72.9 Å². The third-order valence-electron chi connectivity index (χ3n) is 11.2. The van der Waals surface area contributed by atoms with Crippen LogP contribution in [0.5, 0.6) is 0 Å². The third kappa shape index (κ3) is 49.7. The van der Waals surface area contributed by atoms with Crippen LogP contribution in [0.4, 0.5) is 0 Å². The van der Waals surface area contributed by atoms with Gasteiger partial charge in [0.1, 0.15) is 13.2 Å². The van der Waals surface area contributed by atoms with Crippen LogP contribution < -0.4 is 0 Å². The van der Waals surface area contributed by atoms with Crippen LogP contribution in [0, 0.1) is 0 Å². The van der Waals surface area contributed by atoms with E-state index in [9.17, 15) is 14.4 Å². The standard InChI is InChI=1S/C57H98O6/c1-4-7-10-13-16-19-22-25-27-29-32-35-38-41-44-47-50-56(59)62-53-54(52-61-55(58)49-46-43-40-37-34-31-24-21-18-15-12-9-6-3)63-57(60)51-48-45-42-39-36-33-30-28-26-23-20-17-14-11-8-5-2/h7,10,16,19,25,27-28,30-31,34,40,43,54H,4-6,8-9,11-15,17-18,20-24,26,29,32-33,35-39,41-42,44-53H2,1-3H3/b10-7-,19-16-,27-25-,30-28-,34-31-,43-40-. The summed E-state index contributed by atoms with van der Waals surface area (Å²) in [5, 5.41) is 0. The number of ether oxygens (including phenoxy) is 3. The van der Waals surface area contributed by atoms with Crippen molar-refractivity contribution < 1.29 is 28.6 Å². The van der Waals surface area contributed by atoms with Crippen LogP contribution >= 0.6 is 0 Å². The second-order valence-electron chi connectivity index (χ2n) is 17.4. The molecule has 6 heteroatoms. The van der Waals surface area contributed by atoms with Crippen molar-refractivity contribution in [1.82, 2.24) is 0 Å². The molecule has 63 heavy (non-hydrogen) atoms. The number of unbranched alkanes of at least 4 members (excludes halogenated alkanes) is 24. The first-order valence-corrected chi connectivity index (χ1v) is 26.4. The minimum atomic E-state index is -0.807. The largest absolute Gasteiger partial charge is 0.462 e. The first-order valence-electron chi connectivity index (χ1n) is 26.4. The maximum absolute atomic E-state index is 12.8. The van der Waals surface area contributed by atoms with Crippen LogP contribution in [0.15, 0.2) is 72.9 Å². The Balaban J connectivity index is 4.47. The third-order valence-corrected chi connectivity index (χ3v) is 11.2. The lowest BCUT2D eigenvalue weighted by molar-refractivity contribution is -0.166. The fourth-order valence-electron chi connectivity index (χ4n) is 7.21. The van der Waals surface area contributed by atoms with Gasteiger partial charge in [-0.3, -0.25) is 14.4 Å². The summed E-state index contributed by atoms with van der Waals surface area (Å²) in [6.45, 7) is 6.45. The average molecular weight is 879 g/mol. The van der Waals surface area contributed by atoms with Gasteiger partial charge in [-0.25, -0.2) is 0 Å². The number of rotatable bonds is 47. The molecule has 0 aliphatic heterocycles. The highest BCUT2D eigenvalue weighted by Gasteiger charge is 2.19. The van der Waals surface area contributed by atoms with E-state index in [1.807, 2.05) is 6.08 Å². The molecule has 0 saturated carbocycles. The van der Waals surface area contributed by atoms with Gasteiger partial charge in [-0.15, -0.1) is 0 Å². The number of hydrogen-bond acceptors (Lipinski definition) is 6. The van der Waals surface area contributed by atoms with E-state index in [4.69, 9.17) is 14.2 Å². The quantitative estimate of drug-likeness (QED) is 0.0262. The molecule has 1 atom stereocenters. The summed E-state index contributed by atoms with van der Waals surface area (Å²) in [5.41, 5.74) is 0. The Morgan fingerprint density at radius 3 is 1.08 bits per heavy atom. The maximum atomic E-state index is 12.8. The predicted molar refractivity (Wildman–Crippen MR) is 270 cm³/mol. The molecule has 0 aromatic heterocycles. The first-order chi connectivity index (χ1) is 31.0. The van der Waals surface area contributed by atoms with Gasteiger partial charge in [-0.1, -0.05) is 209 Å². The number of carbonyl (C=O) groups excluding carboxylic acids is 3. The van der Waals surface area contributed by atoms with E-state index in [-0.39, 0.29) is 37.5 Å². The zero-order chi connectivity index (χ0) is 45.8. The summed E-state index contributed by atoms with van der Waals surface area (Å²) in [5.74, 6) is -0.991. The molecule has 0 spiro atoms. The molecule has 0 radical (unpaired) electrons. The summed E-state index contributed by atoms with van der Waals surface area (Å²) in [6.07, 6.45) is 64.7. The summed E-state index contributed by atoms with van der Waals surface area (Å²) in [7, 11) is 0. The molecule has 0 N–H and O–H groups in total. The SMILES string of the molecule is CC/C=C\C/C=C\C/C=C\CCCCCCCCC(=O)OCC(COC(=O)CC/C=C\C/C=C\CCCCCCCC)OC(=O)CCCCCCC/C=C\CCCCCCCCC. The van der Waals surface area contributed by atoms with Gasteiger partial charge in [0.05, 0.1) is 0 Å². The highest BCUT2D eigenvalue weighted by atomic mass is 16.6. The van der Waals surface area contributed by atoms with Gasteiger partial charge >= 0.3 is 17.9 Å². The van der Waals surface area contributed by atoms with Crippen LogP contribution in [0.1, 0.15) is 252 Å². The van der Waals surface area contributed by atoms with Crippen molar-refractivity contribution in [3.63, 3.8) is 0 Å². The molecule has 6 nitrogen and oxygen atoms in total. The second kappa shape index (κ2) is 51.5. The molecular weight excluding hydrogens is 781 g/mol. The summed E-state index contributed by atoms with van der Waals surface area (Å²) >= 11 is 0. The minimum Gasteiger partial charge on any atom is -0.462 e. The van der Waals surface area contributed by atoms with Crippen molar-refractivity contribution >= 4 is 17.9 Å². The zero-order valence-corrected chi connectivity index (χ0v) is 41.3. The number of hydrogen-bond donors (Lipinski definition) is 0. The van der Waals surface area contributed by atoms with E-state index in [2.05, 4.69) is 87.6 Å². The van der Waals surface area contributed by atoms with Crippen LogP contribution in [-0.2, 0) is 28.6 Å². The Bertz CT molecular complexity index is 1190. The highest BCUT2D eigenvalue weighted by molar-refractivity contribution is 5.71. The van der Waals surface area contributed by atoms with Crippen LogP contribution in [0.2, 0.25) is 0 Å². The lowest BCUT2D eigenvalue weighted by Gasteiger charge is -2.18. The number of carbonyl (C=O) groups is 3. The monoisotopic (exact) mass is 879 g/mol. The zero-order valence-electron chi connectivity index (χ0n) is 41.3. The van der Waals surface area contributed by atoms with Crippen LogP contribution in [0.25, 0.3) is 0 Å². The molecule has 362 valence electrons. The van der Waals surface area contributed by atoms with E-state index in [1.165, 1.54) is 116 Å². The van der Waals surface area contributed by atoms with Gasteiger partial charge in [-0.2, -0.15) is 0 Å². The molecule has 0 amide bonds. The van der Waals surface area contributed by atoms with Crippen molar-refractivity contribution in [2.75, 3.05) is 13.2 Å². The van der Waals surface area contributed by atoms with Crippen molar-refractivity contribution in [2.24, 2.45) is 0 Å². The van der Waals surface area contributed by atoms with E-state index in [0.717, 1.165) is 89.9 Å². The Hall–Kier alpha value is -3.15. The molecule has 1 unspecified atom stereocenters. The van der Waals surface area contributed by atoms with Crippen LogP contribution in [0.3, 0.4) is 0 Å². The predicted octanol–water partition coefficient (Wildman–Crippen LogP) is 17.4. The lowest BCUT2D eigenvalue weighted by Crippen LogP contribution is -2.30. The molecule has 0 heterocycles. The highest BCUT2D eigenvalue weighted by Crippen LogP contribution is 2.14. The maximum Gasteiger partial charge on any atom is 0.306 e. The van der Waals surface area contributed by atoms with Crippen molar-refractivity contribution in [3.8, 4) is 0 Å². The summed E-state index contributed by atoms with van der Waals surface area (Å²) < 4.78 is 16.7. The van der Waals surface area contributed by atoms with Crippen molar-refractivity contribution in [1.29, 1.82) is 0 Å². The van der Waals surface area contributed by atoms with Gasteiger partial charge < -0.3 is 14.2 Å². The Morgan fingerprint density at radius 2 is 0.651 bits per heavy atom. The Labute approximate surface area is 389 Å². The van der Waals surface area contributed by atoms with E-state index >= 15 is 0 Å². The minimum absolute atomic E-state index is 0.103. The van der Waals surface area contributed by atoms with Gasteiger partial charge in [0.25, 0.3) is 0 Å². The van der Waals surface area contributed by atoms with Gasteiger partial charge in [0, 0.05) is 19.3 Å². The molecule has 0 aliphatic carbocycles. The average Bonchev–Trinajstić information content (AvgIpc) is 3.28. The molecule has 0 aromatic carbocycles. The van der Waals surface area contributed by atoms with Gasteiger partial charge in [0.2, 0.25) is 0 Å². The molecule has 0 saturated heterocycles. The topological polar surface area (TPSA) is 78.9 Å². The molecule has 0 fully saturated rings. The summed E-state index contributed by atoms with van der Waals surface area (Å²) in [4.78, 5) is 38.0. The fourth-order valence-corrected chi connectivity index (χ4v) is 7.21. The Morgan fingerprint density at radius 1 is 0.333 bits per heavy atom. The normalized spacial score (nSPS) is 12.6. The van der Waals surface area contributed by atoms with Crippen molar-refractivity contribution in [2.45, 2.75) is 258 Å². The van der Waals surface area contributed by atoms with E-state index in [0.29, 0.717) is 19.3 Å².